The van der Waals surface area contributed by atoms with Gasteiger partial charge < -0.3 is 16.4 Å². The van der Waals surface area contributed by atoms with Gasteiger partial charge in [0.25, 0.3) is 5.91 Å². The van der Waals surface area contributed by atoms with Crippen molar-refractivity contribution in [1.82, 2.24) is 0 Å². The number of halogens is 1. The average molecular weight is 380 g/mol. The molecule has 136 valence electrons. The number of anilines is 2. The van der Waals surface area contributed by atoms with Gasteiger partial charge in [0.05, 0.1) is 0 Å². The summed E-state index contributed by atoms with van der Waals surface area (Å²) in [6.07, 6.45) is 0. The number of nitrogens with two attached hydrogens (primary N) is 1. The summed E-state index contributed by atoms with van der Waals surface area (Å²) in [5.41, 5.74) is 8.17. The topological polar surface area (TPSA) is 84.2 Å². The van der Waals surface area contributed by atoms with Crippen molar-refractivity contribution in [2.24, 2.45) is 5.73 Å². The van der Waals surface area contributed by atoms with Crippen LogP contribution in [0, 0.1) is 0 Å². The highest BCUT2D eigenvalue weighted by molar-refractivity contribution is 6.30. The van der Waals surface area contributed by atoms with E-state index in [1.165, 1.54) is 0 Å². The number of carbonyl (C=O) groups is 2. The molecule has 0 saturated carbocycles. The predicted octanol–water partition coefficient (Wildman–Crippen LogP) is 4.23. The zero-order valence-corrected chi connectivity index (χ0v) is 15.1. The summed E-state index contributed by atoms with van der Waals surface area (Å²) >= 11 is 5.83. The van der Waals surface area contributed by atoms with Gasteiger partial charge in [-0.15, -0.1) is 0 Å². The fraction of sp³-hybridized carbons (Fsp3) is 0.0476. The van der Waals surface area contributed by atoms with Gasteiger partial charge in [0.15, 0.2) is 0 Å². The highest BCUT2D eigenvalue weighted by Gasteiger charge is 2.17. The lowest BCUT2D eigenvalue weighted by Gasteiger charge is -2.17. The Bertz CT molecular complexity index is 926. The van der Waals surface area contributed by atoms with Crippen molar-refractivity contribution >= 4 is 34.8 Å². The standard InChI is InChI=1S/C21H18ClN3O2/c22-16-8-6-15(7-9-16)21(27)25-18-12-10-17(11-13-18)24-19(20(23)26)14-4-2-1-3-5-14/h1-13,19,24H,(H2,23,26)(H,25,27). The first-order valence-corrected chi connectivity index (χ1v) is 8.68. The molecule has 0 aliphatic carbocycles. The van der Waals surface area contributed by atoms with Crippen molar-refractivity contribution in [3.63, 3.8) is 0 Å². The summed E-state index contributed by atoms with van der Waals surface area (Å²) < 4.78 is 0. The van der Waals surface area contributed by atoms with E-state index in [0.29, 0.717) is 22.0 Å². The van der Waals surface area contributed by atoms with Gasteiger partial charge in [0.2, 0.25) is 5.91 Å². The molecule has 2 amide bonds. The molecular weight excluding hydrogens is 362 g/mol. The summed E-state index contributed by atoms with van der Waals surface area (Å²) in [6, 6.07) is 22.3. The van der Waals surface area contributed by atoms with Crippen LogP contribution >= 0.6 is 11.6 Å². The van der Waals surface area contributed by atoms with Crippen molar-refractivity contribution < 1.29 is 9.59 Å². The molecule has 6 heteroatoms. The Morgan fingerprint density at radius 1 is 0.815 bits per heavy atom. The minimum absolute atomic E-state index is 0.230. The van der Waals surface area contributed by atoms with Crippen LogP contribution in [0.15, 0.2) is 78.9 Å². The summed E-state index contributed by atoms with van der Waals surface area (Å²) in [5, 5.41) is 6.50. The van der Waals surface area contributed by atoms with E-state index in [1.54, 1.807) is 48.5 Å². The van der Waals surface area contributed by atoms with Crippen LogP contribution in [0.3, 0.4) is 0 Å². The third kappa shape index (κ3) is 4.86. The smallest absolute Gasteiger partial charge is 0.255 e. The van der Waals surface area contributed by atoms with Crippen LogP contribution in [0.1, 0.15) is 22.0 Å². The van der Waals surface area contributed by atoms with Gasteiger partial charge in [0.1, 0.15) is 6.04 Å². The third-order valence-electron chi connectivity index (χ3n) is 3.98. The summed E-state index contributed by atoms with van der Waals surface area (Å²) in [6.45, 7) is 0. The van der Waals surface area contributed by atoms with Crippen LogP contribution in [0.4, 0.5) is 11.4 Å². The maximum Gasteiger partial charge on any atom is 0.255 e. The highest BCUT2D eigenvalue weighted by atomic mass is 35.5. The molecule has 0 fully saturated rings. The lowest BCUT2D eigenvalue weighted by atomic mass is 10.1. The molecule has 0 radical (unpaired) electrons. The Hall–Kier alpha value is -3.31. The van der Waals surface area contributed by atoms with Crippen LogP contribution < -0.4 is 16.4 Å². The normalized spacial score (nSPS) is 11.4. The Kier molecular flexibility index (Phi) is 5.74. The van der Waals surface area contributed by atoms with Gasteiger partial charge in [-0.25, -0.2) is 0 Å². The zero-order valence-electron chi connectivity index (χ0n) is 14.4. The second-order valence-corrected chi connectivity index (χ2v) is 6.37. The molecule has 0 bridgehead atoms. The molecule has 0 aliphatic heterocycles. The van der Waals surface area contributed by atoms with Gasteiger partial charge in [-0.2, -0.15) is 0 Å². The summed E-state index contributed by atoms with van der Waals surface area (Å²) in [4.78, 5) is 24.0. The number of primary amides is 1. The molecule has 1 atom stereocenters. The monoisotopic (exact) mass is 379 g/mol. The number of benzene rings is 3. The van der Waals surface area contributed by atoms with Crippen molar-refractivity contribution in [3.8, 4) is 0 Å². The fourth-order valence-electron chi connectivity index (χ4n) is 2.59. The summed E-state index contributed by atoms with van der Waals surface area (Å²) in [5.74, 6) is -0.701. The van der Waals surface area contributed by atoms with E-state index >= 15 is 0 Å². The van der Waals surface area contributed by atoms with Crippen molar-refractivity contribution in [1.29, 1.82) is 0 Å². The lowest BCUT2D eigenvalue weighted by molar-refractivity contribution is -0.118. The van der Waals surface area contributed by atoms with E-state index in [0.717, 1.165) is 5.56 Å². The molecular formula is C21H18ClN3O2. The Labute approximate surface area is 162 Å². The molecule has 1 unspecified atom stereocenters. The van der Waals surface area contributed by atoms with Gasteiger partial charge >= 0.3 is 0 Å². The molecule has 3 rings (SSSR count). The minimum atomic E-state index is -0.638. The van der Waals surface area contributed by atoms with Gasteiger partial charge in [0, 0.05) is 22.0 Å². The highest BCUT2D eigenvalue weighted by Crippen LogP contribution is 2.21. The quantitative estimate of drug-likeness (QED) is 0.599. The second kappa shape index (κ2) is 8.38. The number of hydrogen-bond acceptors (Lipinski definition) is 3. The van der Waals surface area contributed by atoms with E-state index < -0.39 is 11.9 Å². The molecule has 0 spiro atoms. The van der Waals surface area contributed by atoms with Crippen LogP contribution in [-0.4, -0.2) is 11.8 Å². The molecule has 4 N–H and O–H groups in total. The Balaban J connectivity index is 1.68. The van der Waals surface area contributed by atoms with Gasteiger partial charge in [-0.1, -0.05) is 41.9 Å². The lowest BCUT2D eigenvalue weighted by Crippen LogP contribution is -2.27. The second-order valence-electron chi connectivity index (χ2n) is 5.93. The fourth-order valence-corrected chi connectivity index (χ4v) is 2.71. The molecule has 0 heterocycles. The SMILES string of the molecule is NC(=O)C(Nc1ccc(NC(=O)c2ccc(Cl)cc2)cc1)c1ccccc1. The molecule has 0 aliphatic rings. The molecule has 27 heavy (non-hydrogen) atoms. The maximum atomic E-state index is 12.2. The van der Waals surface area contributed by atoms with E-state index in [-0.39, 0.29) is 5.91 Å². The predicted molar refractivity (Wildman–Crippen MR) is 108 cm³/mol. The molecule has 0 aromatic heterocycles. The Morgan fingerprint density at radius 3 is 2.00 bits per heavy atom. The van der Waals surface area contributed by atoms with E-state index in [4.69, 9.17) is 17.3 Å². The van der Waals surface area contributed by atoms with E-state index in [2.05, 4.69) is 10.6 Å². The number of hydrogen-bond donors (Lipinski definition) is 3. The number of carbonyl (C=O) groups excluding carboxylic acids is 2. The number of nitrogens with one attached hydrogen (secondary N) is 2. The van der Waals surface area contributed by atoms with E-state index in [9.17, 15) is 9.59 Å². The van der Waals surface area contributed by atoms with Crippen LogP contribution in [0.25, 0.3) is 0 Å². The number of amides is 2. The van der Waals surface area contributed by atoms with Crippen LogP contribution in [0.2, 0.25) is 5.02 Å². The van der Waals surface area contributed by atoms with Gasteiger partial charge in [-0.3, -0.25) is 9.59 Å². The first-order valence-electron chi connectivity index (χ1n) is 8.31. The summed E-state index contributed by atoms with van der Waals surface area (Å²) in [7, 11) is 0. The molecule has 5 nitrogen and oxygen atoms in total. The van der Waals surface area contributed by atoms with Crippen molar-refractivity contribution in [2.75, 3.05) is 10.6 Å². The first-order chi connectivity index (χ1) is 13.0. The van der Waals surface area contributed by atoms with Gasteiger partial charge in [-0.05, 0) is 54.1 Å². The van der Waals surface area contributed by atoms with Crippen LogP contribution in [-0.2, 0) is 4.79 Å². The molecule has 0 saturated heterocycles. The van der Waals surface area contributed by atoms with Crippen LogP contribution in [0.5, 0.6) is 0 Å². The van der Waals surface area contributed by atoms with E-state index in [1.807, 2.05) is 30.3 Å². The first kappa shape index (κ1) is 18.5. The van der Waals surface area contributed by atoms with Crippen molar-refractivity contribution in [2.45, 2.75) is 6.04 Å². The van der Waals surface area contributed by atoms with Crippen molar-refractivity contribution in [3.05, 3.63) is 95.0 Å². The zero-order chi connectivity index (χ0) is 19.2. The average Bonchev–Trinajstić information content (AvgIpc) is 2.68. The molecule has 3 aromatic rings. The third-order valence-corrected chi connectivity index (χ3v) is 4.23. The maximum absolute atomic E-state index is 12.2. The number of rotatable bonds is 6. The molecule has 3 aromatic carbocycles. The Morgan fingerprint density at radius 2 is 1.41 bits per heavy atom. The minimum Gasteiger partial charge on any atom is -0.370 e. The largest absolute Gasteiger partial charge is 0.370 e.